The highest BCUT2D eigenvalue weighted by molar-refractivity contribution is 6.17. The van der Waals surface area contributed by atoms with Crippen LogP contribution < -0.4 is 0 Å². The van der Waals surface area contributed by atoms with E-state index in [-0.39, 0.29) is 0 Å². The van der Waals surface area contributed by atoms with E-state index in [2.05, 4.69) is 34.8 Å². The van der Waals surface area contributed by atoms with Crippen LogP contribution in [0.5, 0.6) is 0 Å². The number of halogens is 1. The molecular weight excluding hydrogens is 272 g/mol. The molecular formula is C15H17ClN4. The van der Waals surface area contributed by atoms with Crippen molar-refractivity contribution in [1.82, 2.24) is 19.3 Å². The highest BCUT2D eigenvalue weighted by atomic mass is 35.5. The van der Waals surface area contributed by atoms with Gasteiger partial charge < -0.3 is 0 Å². The molecule has 0 atom stereocenters. The van der Waals surface area contributed by atoms with Crippen molar-refractivity contribution in [2.45, 2.75) is 20.3 Å². The van der Waals surface area contributed by atoms with Crippen molar-refractivity contribution in [1.29, 1.82) is 0 Å². The summed E-state index contributed by atoms with van der Waals surface area (Å²) in [5, 5.41) is 4.43. The van der Waals surface area contributed by atoms with E-state index >= 15 is 0 Å². The van der Waals surface area contributed by atoms with Gasteiger partial charge in [0.25, 0.3) is 0 Å². The lowest BCUT2D eigenvalue weighted by atomic mass is 10.2. The largest absolute Gasteiger partial charge is 0.293 e. The van der Waals surface area contributed by atoms with Gasteiger partial charge in [-0.2, -0.15) is 5.10 Å². The van der Waals surface area contributed by atoms with E-state index < -0.39 is 0 Å². The Morgan fingerprint density at radius 2 is 2.05 bits per heavy atom. The first kappa shape index (κ1) is 13.2. The Kier molecular flexibility index (Phi) is 3.26. The highest BCUT2D eigenvalue weighted by Crippen LogP contribution is 2.25. The van der Waals surface area contributed by atoms with Crippen LogP contribution in [0.2, 0.25) is 0 Å². The normalized spacial score (nSPS) is 11.4. The van der Waals surface area contributed by atoms with Gasteiger partial charge in [-0.3, -0.25) is 9.25 Å². The number of para-hydroxylation sites is 1. The van der Waals surface area contributed by atoms with E-state index in [0.29, 0.717) is 5.88 Å². The maximum Gasteiger partial charge on any atom is 0.115 e. The van der Waals surface area contributed by atoms with Crippen molar-refractivity contribution >= 4 is 22.6 Å². The van der Waals surface area contributed by atoms with Gasteiger partial charge in [-0.15, -0.1) is 11.6 Å². The minimum absolute atomic E-state index is 0.557. The maximum absolute atomic E-state index is 5.93. The second-order valence-corrected chi connectivity index (χ2v) is 5.40. The fourth-order valence-electron chi connectivity index (χ4n) is 2.62. The molecule has 3 aromatic rings. The Morgan fingerprint density at radius 3 is 2.70 bits per heavy atom. The Labute approximate surface area is 123 Å². The van der Waals surface area contributed by atoms with Crippen molar-refractivity contribution in [3.8, 4) is 5.69 Å². The highest BCUT2D eigenvalue weighted by Gasteiger charge is 2.16. The predicted molar refractivity (Wildman–Crippen MR) is 81.7 cm³/mol. The number of nitrogens with zero attached hydrogens (tertiary/aromatic N) is 4. The van der Waals surface area contributed by atoms with Gasteiger partial charge >= 0.3 is 0 Å². The number of imidazole rings is 1. The van der Waals surface area contributed by atoms with Crippen LogP contribution in [0.25, 0.3) is 16.7 Å². The zero-order valence-corrected chi connectivity index (χ0v) is 12.6. The summed E-state index contributed by atoms with van der Waals surface area (Å²) in [5.41, 5.74) is 5.39. The second-order valence-electron chi connectivity index (χ2n) is 5.02. The van der Waals surface area contributed by atoms with E-state index in [9.17, 15) is 0 Å². The summed E-state index contributed by atoms with van der Waals surface area (Å²) in [7, 11) is 1.93. The molecule has 0 N–H and O–H groups in total. The van der Waals surface area contributed by atoms with Gasteiger partial charge in [0.1, 0.15) is 5.82 Å². The van der Waals surface area contributed by atoms with E-state index in [0.717, 1.165) is 34.7 Å². The predicted octanol–water partition coefficient (Wildman–Crippen LogP) is 3.16. The quantitative estimate of drug-likeness (QED) is 0.694. The van der Waals surface area contributed by atoms with Gasteiger partial charge in [0, 0.05) is 25.5 Å². The third kappa shape index (κ3) is 2.00. The second kappa shape index (κ2) is 4.94. The number of hydrogen-bond acceptors (Lipinski definition) is 2. The number of hydrogen-bond donors (Lipinski definition) is 0. The summed E-state index contributed by atoms with van der Waals surface area (Å²) in [6.45, 7) is 4.10. The van der Waals surface area contributed by atoms with Crippen LogP contribution in [0.3, 0.4) is 0 Å². The first-order valence-electron chi connectivity index (χ1n) is 6.65. The van der Waals surface area contributed by atoms with E-state index in [4.69, 9.17) is 16.6 Å². The molecule has 5 heteroatoms. The van der Waals surface area contributed by atoms with Gasteiger partial charge in [0.15, 0.2) is 0 Å². The fraction of sp³-hybridized carbons (Fsp3) is 0.333. The molecule has 2 heterocycles. The van der Waals surface area contributed by atoms with Gasteiger partial charge in [-0.25, -0.2) is 4.98 Å². The smallest absolute Gasteiger partial charge is 0.115 e. The van der Waals surface area contributed by atoms with Gasteiger partial charge in [0.2, 0.25) is 0 Å². The molecule has 0 unspecified atom stereocenters. The average Bonchev–Trinajstić information content (AvgIpc) is 2.91. The summed E-state index contributed by atoms with van der Waals surface area (Å²) in [4.78, 5) is 4.77. The molecule has 1 aromatic carbocycles. The molecule has 20 heavy (non-hydrogen) atoms. The van der Waals surface area contributed by atoms with Crippen molar-refractivity contribution < 1.29 is 0 Å². The van der Waals surface area contributed by atoms with E-state index in [1.54, 1.807) is 0 Å². The Balaban J connectivity index is 2.34. The van der Waals surface area contributed by atoms with Crippen LogP contribution in [-0.4, -0.2) is 25.2 Å². The Hall–Kier alpha value is -1.81. The number of aromatic nitrogens is 4. The van der Waals surface area contributed by atoms with Crippen molar-refractivity contribution in [2.24, 2.45) is 7.05 Å². The fourth-order valence-corrected chi connectivity index (χ4v) is 2.78. The molecule has 0 aliphatic heterocycles. The van der Waals surface area contributed by atoms with Gasteiger partial charge in [-0.1, -0.05) is 12.1 Å². The average molecular weight is 289 g/mol. The van der Waals surface area contributed by atoms with Crippen LogP contribution in [-0.2, 0) is 13.5 Å². The number of aryl methyl sites for hydroxylation is 4. The van der Waals surface area contributed by atoms with Crippen LogP contribution in [0.15, 0.2) is 24.4 Å². The number of alkyl halides is 1. The summed E-state index contributed by atoms with van der Waals surface area (Å²) < 4.78 is 4.00. The molecule has 0 saturated heterocycles. The standard InChI is InChI=1S/C15H17ClN4/c1-10-5-4-6-12-15(10)17-14(7-8-16)20(12)13-9-19(3)18-11(13)2/h4-6,9H,7-8H2,1-3H3. The minimum atomic E-state index is 0.557. The van der Waals surface area contributed by atoms with Crippen LogP contribution in [0.1, 0.15) is 17.1 Å². The van der Waals surface area contributed by atoms with Crippen LogP contribution >= 0.6 is 11.6 Å². The van der Waals surface area contributed by atoms with Gasteiger partial charge in [0.05, 0.1) is 22.4 Å². The molecule has 0 aliphatic rings. The lowest BCUT2D eigenvalue weighted by Gasteiger charge is -2.06. The summed E-state index contributed by atoms with van der Waals surface area (Å²) >= 11 is 5.93. The van der Waals surface area contributed by atoms with Crippen molar-refractivity contribution in [3.63, 3.8) is 0 Å². The summed E-state index contributed by atoms with van der Waals surface area (Å²) in [6, 6.07) is 6.24. The molecule has 0 bridgehead atoms. The van der Waals surface area contributed by atoms with Gasteiger partial charge in [-0.05, 0) is 25.5 Å². The Bertz CT molecular complexity index is 770. The van der Waals surface area contributed by atoms with E-state index in [1.165, 1.54) is 5.56 Å². The molecule has 0 amide bonds. The van der Waals surface area contributed by atoms with Crippen molar-refractivity contribution in [2.75, 3.05) is 5.88 Å². The molecule has 0 spiro atoms. The molecule has 4 nitrogen and oxygen atoms in total. The molecule has 0 aliphatic carbocycles. The summed E-state index contributed by atoms with van der Waals surface area (Å²) in [5.74, 6) is 1.54. The van der Waals surface area contributed by atoms with Crippen molar-refractivity contribution in [3.05, 3.63) is 41.5 Å². The minimum Gasteiger partial charge on any atom is -0.293 e. The first-order valence-corrected chi connectivity index (χ1v) is 7.19. The zero-order valence-electron chi connectivity index (χ0n) is 11.9. The topological polar surface area (TPSA) is 35.6 Å². The molecule has 3 rings (SSSR count). The molecule has 2 aromatic heterocycles. The van der Waals surface area contributed by atoms with E-state index in [1.807, 2.05) is 24.9 Å². The van der Waals surface area contributed by atoms with Crippen LogP contribution in [0, 0.1) is 13.8 Å². The number of fused-ring (bicyclic) bond motifs is 1. The third-order valence-corrected chi connectivity index (χ3v) is 3.69. The molecule has 0 radical (unpaired) electrons. The SMILES string of the molecule is Cc1nn(C)cc1-n1c(CCCl)nc2c(C)cccc21. The zero-order chi connectivity index (χ0) is 14.3. The Morgan fingerprint density at radius 1 is 1.25 bits per heavy atom. The lowest BCUT2D eigenvalue weighted by molar-refractivity contribution is 0.756. The number of rotatable bonds is 3. The molecule has 0 fully saturated rings. The molecule has 104 valence electrons. The monoisotopic (exact) mass is 288 g/mol. The third-order valence-electron chi connectivity index (χ3n) is 3.50. The summed E-state index contributed by atoms with van der Waals surface area (Å²) in [6.07, 6.45) is 2.76. The maximum atomic E-state index is 5.93. The first-order chi connectivity index (χ1) is 9.61. The lowest BCUT2D eigenvalue weighted by Crippen LogP contribution is -2.02. The number of benzene rings is 1. The molecule has 0 saturated carbocycles. The van der Waals surface area contributed by atoms with Crippen LogP contribution in [0.4, 0.5) is 0 Å².